The lowest BCUT2D eigenvalue weighted by molar-refractivity contribution is -0.173. The number of aliphatic hydroxyl groups is 3. The molecule has 2 heterocycles. The van der Waals surface area contributed by atoms with Crippen molar-refractivity contribution >= 4 is 0 Å². The Hall–Kier alpha value is -0.420. The van der Waals surface area contributed by atoms with Crippen molar-refractivity contribution in [2.24, 2.45) is 40.9 Å². The van der Waals surface area contributed by atoms with Crippen LogP contribution in [0.2, 0.25) is 0 Å². The van der Waals surface area contributed by atoms with Crippen LogP contribution >= 0.6 is 0 Å². The summed E-state index contributed by atoms with van der Waals surface area (Å²) in [7, 11) is 0. The minimum atomic E-state index is -0.571. The SMILES string of the molecule is C[C@@H]1CC[C@@H]2N(C1)C[C@@H]1[C@H]3CC4=C(C[C@H](O)[C@@H]5C[C@H](O)CC[C@]45C)[C@H]3CC[C@H]1[C@]2(C)O. The lowest BCUT2D eigenvalue weighted by Crippen LogP contribution is -2.67. The Labute approximate surface area is 188 Å². The van der Waals surface area contributed by atoms with E-state index in [2.05, 4.69) is 25.7 Å². The zero-order chi connectivity index (χ0) is 21.7. The van der Waals surface area contributed by atoms with Gasteiger partial charge in [-0.1, -0.05) is 25.0 Å². The molecule has 0 radical (unpaired) electrons. The molecule has 4 heteroatoms. The predicted octanol–water partition coefficient (Wildman–Crippen LogP) is 3.74. The quantitative estimate of drug-likeness (QED) is 0.513. The van der Waals surface area contributed by atoms with Gasteiger partial charge in [0.25, 0.3) is 0 Å². The Morgan fingerprint density at radius 3 is 2.52 bits per heavy atom. The number of aliphatic hydroxyl groups excluding tert-OH is 2. The minimum absolute atomic E-state index is 0.0679. The van der Waals surface area contributed by atoms with E-state index in [9.17, 15) is 15.3 Å². The first-order valence-electron chi connectivity index (χ1n) is 13.2. The van der Waals surface area contributed by atoms with Gasteiger partial charge in [0.1, 0.15) is 0 Å². The van der Waals surface area contributed by atoms with Gasteiger partial charge in [0, 0.05) is 19.1 Å². The molecule has 4 aliphatic carbocycles. The summed E-state index contributed by atoms with van der Waals surface area (Å²) < 4.78 is 0. The minimum Gasteiger partial charge on any atom is -0.393 e. The highest BCUT2D eigenvalue weighted by Crippen LogP contribution is 2.64. The molecule has 2 saturated heterocycles. The van der Waals surface area contributed by atoms with E-state index in [4.69, 9.17) is 0 Å². The molecule has 0 aromatic heterocycles. The molecule has 11 atom stereocenters. The fourth-order valence-electron chi connectivity index (χ4n) is 9.84. The molecular weight excluding hydrogens is 386 g/mol. The summed E-state index contributed by atoms with van der Waals surface area (Å²) in [6.45, 7) is 9.24. The van der Waals surface area contributed by atoms with Crippen molar-refractivity contribution in [2.75, 3.05) is 13.1 Å². The second kappa shape index (κ2) is 7.04. The third-order valence-electron chi connectivity index (χ3n) is 11.4. The van der Waals surface area contributed by atoms with Crippen LogP contribution in [0.25, 0.3) is 0 Å². The number of piperidine rings is 2. The molecule has 2 saturated carbocycles. The molecule has 0 aromatic rings. The van der Waals surface area contributed by atoms with Crippen LogP contribution in [0.4, 0.5) is 0 Å². The monoisotopic (exact) mass is 429 g/mol. The number of hydrogen-bond donors (Lipinski definition) is 3. The summed E-state index contributed by atoms with van der Waals surface area (Å²) in [6, 6.07) is 0.342. The Morgan fingerprint density at radius 1 is 0.903 bits per heavy atom. The number of rotatable bonds is 0. The van der Waals surface area contributed by atoms with E-state index in [1.807, 2.05) is 0 Å². The van der Waals surface area contributed by atoms with Crippen LogP contribution in [0, 0.1) is 40.9 Å². The molecule has 0 spiro atoms. The summed E-state index contributed by atoms with van der Waals surface area (Å²) in [6.07, 6.45) is 8.87. The van der Waals surface area contributed by atoms with E-state index in [0.717, 1.165) is 51.0 Å². The first-order valence-corrected chi connectivity index (χ1v) is 13.2. The van der Waals surface area contributed by atoms with Crippen molar-refractivity contribution in [3.63, 3.8) is 0 Å². The fraction of sp³-hybridized carbons (Fsp3) is 0.926. The van der Waals surface area contributed by atoms with Gasteiger partial charge in [-0.05, 0) is 106 Å². The van der Waals surface area contributed by atoms with E-state index in [-0.39, 0.29) is 23.5 Å². The highest BCUT2D eigenvalue weighted by atomic mass is 16.3. The summed E-state index contributed by atoms with van der Waals surface area (Å²) in [5.74, 6) is 3.21. The van der Waals surface area contributed by atoms with Crippen molar-refractivity contribution in [1.82, 2.24) is 4.90 Å². The second-order valence-corrected chi connectivity index (χ2v) is 12.9. The molecule has 4 nitrogen and oxygen atoms in total. The standard InChI is InChI=1S/C27H43NO3/c1-15-4-7-25-27(3,31)21-6-5-17-18(20(21)14-28(25)13-15)11-22-19(17)12-24(30)23-10-16(29)8-9-26(22,23)2/h15-18,20-21,23-25,29-31H,4-14H2,1-3H3/t15-,16-,17+,18+,20-,21-,23+,24+,25+,26-,27+/m1/s1. The Balaban J connectivity index is 1.32. The van der Waals surface area contributed by atoms with Gasteiger partial charge in [-0.2, -0.15) is 0 Å². The number of hydrogen-bond acceptors (Lipinski definition) is 4. The second-order valence-electron chi connectivity index (χ2n) is 12.9. The van der Waals surface area contributed by atoms with Gasteiger partial charge < -0.3 is 15.3 Å². The average molecular weight is 430 g/mol. The molecule has 3 N–H and O–H groups in total. The fourth-order valence-corrected chi connectivity index (χ4v) is 9.84. The smallest absolute Gasteiger partial charge is 0.0805 e. The van der Waals surface area contributed by atoms with E-state index >= 15 is 0 Å². The van der Waals surface area contributed by atoms with E-state index < -0.39 is 5.60 Å². The van der Waals surface area contributed by atoms with Gasteiger partial charge in [-0.3, -0.25) is 4.90 Å². The molecule has 0 amide bonds. The van der Waals surface area contributed by atoms with Crippen LogP contribution in [0.5, 0.6) is 0 Å². The third-order valence-corrected chi connectivity index (χ3v) is 11.4. The topological polar surface area (TPSA) is 63.9 Å². The third kappa shape index (κ3) is 2.93. The molecule has 6 aliphatic rings. The Bertz CT molecular complexity index is 776. The predicted molar refractivity (Wildman–Crippen MR) is 121 cm³/mol. The molecule has 31 heavy (non-hydrogen) atoms. The zero-order valence-electron chi connectivity index (χ0n) is 19.8. The van der Waals surface area contributed by atoms with Crippen LogP contribution in [0.3, 0.4) is 0 Å². The lowest BCUT2D eigenvalue weighted by atomic mass is 9.56. The van der Waals surface area contributed by atoms with Gasteiger partial charge in [-0.15, -0.1) is 0 Å². The number of fused-ring (bicyclic) bond motifs is 7. The van der Waals surface area contributed by atoms with Gasteiger partial charge >= 0.3 is 0 Å². The van der Waals surface area contributed by atoms with Gasteiger partial charge in [0.2, 0.25) is 0 Å². The molecule has 0 bridgehead atoms. The van der Waals surface area contributed by atoms with E-state index in [0.29, 0.717) is 29.7 Å². The molecule has 174 valence electrons. The van der Waals surface area contributed by atoms with E-state index in [1.54, 1.807) is 11.1 Å². The van der Waals surface area contributed by atoms with Crippen molar-refractivity contribution < 1.29 is 15.3 Å². The number of allylic oxidation sites excluding steroid dienone is 1. The van der Waals surface area contributed by atoms with E-state index in [1.165, 1.54) is 25.8 Å². The maximum absolute atomic E-state index is 11.8. The first kappa shape index (κ1) is 21.1. The van der Waals surface area contributed by atoms with Crippen molar-refractivity contribution in [3.8, 4) is 0 Å². The molecule has 6 rings (SSSR count). The summed E-state index contributed by atoms with van der Waals surface area (Å²) >= 11 is 0. The van der Waals surface area contributed by atoms with Gasteiger partial charge in [0.05, 0.1) is 17.8 Å². The largest absolute Gasteiger partial charge is 0.393 e. The Kier molecular flexibility index (Phi) is 4.80. The van der Waals surface area contributed by atoms with Crippen LogP contribution in [-0.4, -0.2) is 57.2 Å². The van der Waals surface area contributed by atoms with Gasteiger partial charge in [0.15, 0.2) is 0 Å². The lowest BCUT2D eigenvalue weighted by Gasteiger charge is -2.59. The van der Waals surface area contributed by atoms with Crippen molar-refractivity contribution in [3.05, 3.63) is 11.1 Å². The van der Waals surface area contributed by atoms with Crippen molar-refractivity contribution in [2.45, 2.75) is 102 Å². The maximum atomic E-state index is 11.8. The molecule has 2 aliphatic heterocycles. The average Bonchev–Trinajstić information content (AvgIpc) is 3.09. The normalized spacial score (nSPS) is 56.9. The van der Waals surface area contributed by atoms with Crippen LogP contribution in [0.15, 0.2) is 11.1 Å². The molecular formula is C27H43NO3. The first-order chi connectivity index (χ1) is 14.7. The summed E-state index contributed by atoms with van der Waals surface area (Å²) in [5.41, 5.74) is 2.76. The highest BCUT2D eigenvalue weighted by Gasteiger charge is 2.60. The zero-order valence-corrected chi connectivity index (χ0v) is 19.8. The van der Waals surface area contributed by atoms with Crippen LogP contribution in [-0.2, 0) is 0 Å². The highest BCUT2D eigenvalue weighted by molar-refractivity contribution is 5.37. The maximum Gasteiger partial charge on any atom is 0.0805 e. The molecule has 4 fully saturated rings. The molecule has 0 aromatic carbocycles. The molecule has 0 unspecified atom stereocenters. The van der Waals surface area contributed by atoms with Crippen LogP contribution in [0.1, 0.15) is 78.6 Å². The number of nitrogens with zero attached hydrogens (tertiary/aromatic N) is 1. The summed E-state index contributed by atoms with van der Waals surface area (Å²) in [4.78, 5) is 2.66. The summed E-state index contributed by atoms with van der Waals surface area (Å²) in [5, 5.41) is 33.3. The van der Waals surface area contributed by atoms with Crippen molar-refractivity contribution in [1.29, 1.82) is 0 Å². The Morgan fingerprint density at radius 2 is 1.71 bits per heavy atom. The van der Waals surface area contributed by atoms with Gasteiger partial charge in [-0.25, -0.2) is 0 Å². The van der Waals surface area contributed by atoms with Crippen LogP contribution < -0.4 is 0 Å².